The molecule has 1 heterocycles. The van der Waals surface area contributed by atoms with E-state index in [1.807, 2.05) is 0 Å². The predicted octanol–water partition coefficient (Wildman–Crippen LogP) is 3.65. The summed E-state index contributed by atoms with van der Waals surface area (Å²) in [5, 5.41) is 23.4. The van der Waals surface area contributed by atoms with Gasteiger partial charge in [-0.2, -0.15) is 25.3 Å². The zero-order valence-electron chi connectivity index (χ0n) is 24.1. The number of fused-ring (bicyclic) bond motifs is 1. The predicted molar refractivity (Wildman–Crippen MR) is 160 cm³/mol. The largest absolute Gasteiger partial charge is 0.377 e. The molecule has 2 unspecified atom stereocenters. The Hall–Kier alpha value is -4.46. The van der Waals surface area contributed by atoms with Crippen LogP contribution in [0.2, 0.25) is 0 Å². The lowest BCUT2D eigenvalue weighted by Crippen LogP contribution is -2.57. The smallest absolute Gasteiger partial charge is 0.258 e. The van der Waals surface area contributed by atoms with Crippen LogP contribution in [-0.4, -0.2) is 67.4 Å². The highest BCUT2D eigenvalue weighted by molar-refractivity contribution is 8.05. The highest BCUT2D eigenvalue weighted by atomic mass is 32.3. The van der Waals surface area contributed by atoms with Crippen LogP contribution in [0.4, 0.5) is 16.2 Å². The highest BCUT2D eigenvalue weighted by Gasteiger charge is 2.51. The molecule has 2 fully saturated rings. The van der Waals surface area contributed by atoms with Crippen LogP contribution in [0.1, 0.15) is 24.8 Å². The average Bonchev–Trinajstić information content (AvgIpc) is 3.60. The van der Waals surface area contributed by atoms with Crippen molar-refractivity contribution in [3.8, 4) is 0 Å². The third kappa shape index (κ3) is 5.93. The Morgan fingerprint density at radius 2 is 1.04 bits per heavy atom. The first-order chi connectivity index (χ1) is 21.5. The summed E-state index contributed by atoms with van der Waals surface area (Å²) in [6, 6.07) is 9.33. The molecule has 0 radical (unpaired) electrons. The highest BCUT2D eigenvalue weighted by Crippen LogP contribution is 2.40. The number of carbonyl (C=O) groups is 1. The van der Waals surface area contributed by atoms with Gasteiger partial charge in [-0.15, -0.1) is 8.12 Å². The van der Waals surface area contributed by atoms with E-state index in [1.54, 1.807) is 6.92 Å². The van der Waals surface area contributed by atoms with Gasteiger partial charge in [-0.05, 0) is 68.0 Å². The van der Waals surface area contributed by atoms with Crippen molar-refractivity contribution in [2.24, 2.45) is 11.8 Å². The van der Waals surface area contributed by atoms with E-state index in [-0.39, 0.29) is 29.3 Å². The third-order valence-corrected chi connectivity index (χ3v) is 13.8. The van der Waals surface area contributed by atoms with Gasteiger partial charge in [0.15, 0.2) is 0 Å². The molecule has 0 aromatic heterocycles. The SMILES string of the molecule is Cc1ccc(S(=O)(=O)N(C(=O)N(N2CC3CCCC3C2)S(=O)(=O)c2ccc([N+](=O)[O-])cc2)S(=O)(=O)c2ccc([N+](=O)[O-])cc2)cc1. The van der Waals surface area contributed by atoms with Gasteiger partial charge >= 0.3 is 6.03 Å². The van der Waals surface area contributed by atoms with Crippen LogP contribution in [0.15, 0.2) is 87.5 Å². The normalized spacial score (nSPS) is 18.5. The molecule has 16 nitrogen and oxygen atoms in total. The van der Waals surface area contributed by atoms with Crippen LogP contribution >= 0.6 is 0 Å². The Kier molecular flexibility index (Phi) is 8.62. The van der Waals surface area contributed by atoms with Crippen molar-refractivity contribution in [2.45, 2.75) is 40.9 Å². The third-order valence-electron chi connectivity index (χ3n) is 7.96. The van der Waals surface area contributed by atoms with E-state index in [9.17, 15) is 50.3 Å². The monoisotopic (exact) mass is 693 g/mol. The van der Waals surface area contributed by atoms with Crippen molar-refractivity contribution < 1.29 is 39.9 Å². The zero-order chi connectivity index (χ0) is 33.6. The number of nitro groups is 2. The fourth-order valence-corrected chi connectivity index (χ4v) is 10.6. The van der Waals surface area contributed by atoms with Crippen molar-refractivity contribution in [1.82, 2.24) is 13.1 Å². The Bertz CT molecular complexity index is 2010. The van der Waals surface area contributed by atoms with Gasteiger partial charge in [0.1, 0.15) is 0 Å². The molecular weight excluding hydrogens is 667 g/mol. The number of hydrogen-bond acceptors (Lipinski definition) is 12. The fraction of sp³-hybridized carbons (Fsp3) is 0.296. The molecule has 0 bridgehead atoms. The van der Waals surface area contributed by atoms with Crippen LogP contribution < -0.4 is 0 Å². The Morgan fingerprint density at radius 1 is 0.674 bits per heavy atom. The number of hydrogen-bond donors (Lipinski definition) is 0. The molecule has 244 valence electrons. The lowest BCUT2D eigenvalue weighted by molar-refractivity contribution is -0.385. The number of carbonyl (C=O) groups excluding carboxylic acids is 1. The minimum atomic E-state index is -5.46. The van der Waals surface area contributed by atoms with Gasteiger partial charge < -0.3 is 0 Å². The quantitative estimate of drug-likeness (QED) is 0.232. The van der Waals surface area contributed by atoms with E-state index >= 15 is 0 Å². The minimum Gasteiger partial charge on any atom is -0.258 e. The summed E-state index contributed by atoms with van der Waals surface area (Å²) < 4.78 is 84.2. The number of benzene rings is 3. The maximum atomic E-state index is 14.5. The first kappa shape index (κ1) is 32.9. The summed E-state index contributed by atoms with van der Waals surface area (Å²) in [7, 11) is -15.9. The van der Waals surface area contributed by atoms with Gasteiger partial charge in [0.25, 0.3) is 41.4 Å². The van der Waals surface area contributed by atoms with E-state index in [4.69, 9.17) is 0 Å². The number of non-ortho nitro benzene ring substituents is 2. The van der Waals surface area contributed by atoms with Crippen LogP contribution in [0, 0.1) is 39.0 Å². The van der Waals surface area contributed by atoms with Gasteiger partial charge in [-0.25, -0.2) is 9.80 Å². The Balaban J connectivity index is 1.70. The molecule has 1 aliphatic heterocycles. The topological polar surface area (TPSA) is 215 Å². The molecule has 0 spiro atoms. The Morgan fingerprint density at radius 3 is 1.43 bits per heavy atom. The molecule has 46 heavy (non-hydrogen) atoms. The van der Waals surface area contributed by atoms with Gasteiger partial charge in [0, 0.05) is 37.4 Å². The second-order valence-electron chi connectivity index (χ2n) is 10.9. The van der Waals surface area contributed by atoms with Crippen molar-refractivity contribution in [3.05, 3.63) is 98.6 Å². The van der Waals surface area contributed by atoms with Crippen molar-refractivity contribution in [1.29, 1.82) is 0 Å². The Labute approximate surface area is 264 Å². The number of nitro benzene ring substituents is 2. The number of rotatable bonds is 9. The molecule has 5 rings (SSSR count). The number of sulfonamides is 3. The van der Waals surface area contributed by atoms with Crippen LogP contribution in [0.3, 0.4) is 0 Å². The lowest BCUT2D eigenvalue weighted by atomic mass is 10.0. The maximum Gasteiger partial charge on any atom is 0.377 e. The van der Waals surface area contributed by atoms with Crippen molar-refractivity contribution >= 4 is 47.5 Å². The standard InChI is InChI=1S/C27H27N5O11S3/c1-19-5-11-25(12-6-19)45(40,41)32(46(42,43)26-15-9-23(10-16-26)31(36)37)27(33)29(28-17-20-3-2-4-21(20)18-28)44(38,39)24-13-7-22(8-14-24)30(34)35/h5-16,20-21H,2-4,17-18H2,1H3. The van der Waals surface area contributed by atoms with Crippen LogP contribution in [-0.2, 0) is 30.1 Å². The van der Waals surface area contributed by atoms with E-state index in [0.717, 1.165) is 72.1 Å². The van der Waals surface area contributed by atoms with E-state index in [0.29, 0.717) is 18.4 Å². The van der Waals surface area contributed by atoms with Gasteiger partial charge in [0.2, 0.25) is 0 Å². The zero-order valence-corrected chi connectivity index (χ0v) is 26.5. The second kappa shape index (κ2) is 12.0. The summed E-state index contributed by atoms with van der Waals surface area (Å²) in [6.45, 7) is 1.60. The summed E-state index contributed by atoms with van der Waals surface area (Å²) in [4.78, 5) is 33.1. The van der Waals surface area contributed by atoms with Gasteiger partial charge in [0.05, 0.1) is 24.5 Å². The van der Waals surface area contributed by atoms with E-state index in [2.05, 4.69) is 0 Å². The molecule has 2 atom stereocenters. The summed E-state index contributed by atoms with van der Waals surface area (Å²) in [5.74, 6) is -0.119. The van der Waals surface area contributed by atoms with Crippen LogP contribution in [0.25, 0.3) is 0 Å². The molecular formula is C27H27N5O11S3. The van der Waals surface area contributed by atoms with Crippen LogP contribution in [0.5, 0.6) is 0 Å². The first-order valence-corrected chi connectivity index (χ1v) is 18.1. The summed E-state index contributed by atoms with van der Waals surface area (Å²) in [6.07, 6.45) is 2.26. The number of nitrogens with zero attached hydrogens (tertiary/aromatic N) is 5. The molecule has 3 aromatic rings. The molecule has 1 saturated heterocycles. The molecule has 1 saturated carbocycles. The lowest BCUT2D eigenvalue weighted by Gasteiger charge is -2.34. The maximum absolute atomic E-state index is 14.5. The number of urea groups is 1. The van der Waals surface area contributed by atoms with Gasteiger partial charge in [-0.1, -0.05) is 24.1 Å². The van der Waals surface area contributed by atoms with Crippen molar-refractivity contribution in [3.63, 3.8) is 0 Å². The molecule has 2 amide bonds. The number of aryl methyl sites for hydroxylation is 1. The fourth-order valence-electron chi connectivity index (χ4n) is 5.62. The second-order valence-corrected chi connectivity index (χ2v) is 16.4. The van der Waals surface area contributed by atoms with E-state index < -0.39 is 75.7 Å². The summed E-state index contributed by atoms with van der Waals surface area (Å²) in [5.41, 5.74) is -0.387. The van der Waals surface area contributed by atoms with Gasteiger partial charge in [-0.3, -0.25) is 20.2 Å². The first-order valence-electron chi connectivity index (χ1n) is 13.8. The summed E-state index contributed by atoms with van der Waals surface area (Å²) >= 11 is 0. The molecule has 19 heteroatoms. The minimum absolute atomic E-state index is 0.0153. The van der Waals surface area contributed by atoms with Crippen molar-refractivity contribution in [2.75, 3.05) is 13.1 Å². The van der Waals surface area contributed by atoms with E-state index in [1.165, 1.54) is 12.1 Å². The average molecular weight is 694 g/mol. The molecule has 1 aliphatic carbocycles. The number of hydrazine groups is 1. The molecule has 3 aromatic carbocycles. The number of amides is 2. The molecule has 0 N–H and O–H groups in total. The molecule has 2 aliphatic rings.